The number of carbonyl (C=O) groups is 2. The maximum Gasteiger partial charge on any atom is 0.273 e. The molecule has 10 nitrogen and oxygen atoms in total. The fraction of sp³-hybridized carbons (Fsp3) is 0.235. The first kappa shape index (κ1) is 29.9. The normalized spacial score (nSPS) is 13.8. The van der Waals surface area contributed by atoms with Gasteiger partial charge in [0.25, 0.3) is 11.5 Å². The van der Waals surface area contributed by atoms with Crippen molar-refractivity contribution in [3.63, 3.8) is 0 Å². The Labute approximate surface area is 272 Å². The first-order valence-electron chi connectivity index (χ1n) is 14.8. The number of thiazole rings is 1. The summed E-state index contributed by atoms with van der Waals surface area (Å²) in [5, 5.41) is 5.42. The number of pyridine rings is 1. The Morgan fingerprint density at radius 3 is 2.46 bits per heavy atom. The molecule has 46 heavy (non-hydrogen) atoms. The molecule has 6 aromatic rings. The van der Waals surface area contributed by atoms with E-state index < -0.39 is 0 Å². The van der Waals surface area contributed by atoms with Crippen LogP contribution in [0.5, 0.6) is 11.5 Å². The van der Waals surface area contributed by atoms with E-state index in [1.165, 1.54) is 22.7 Å². The largest absolute Gasteiger partial charge is 0.496 e. The Morgan fingerprint density at radius 1 is 0.978 bits per heavy atom. The second-order valence-corrected chi connectivity index (χ2v) is 12.9. The average molecular weight is 654 g/mol. The first-order valence-corrected chi connectivity index (χ1v) is 16.5. The Hall–Kier alpha value is -4.78. The van der Waals surface area contributed by atoms with Crippen LogP contribution in [0.15, 0.2) is 70.4 Å². The lowest BCUT2D eigenvalue weighted by Crippen LogP contribution is -2.48. The number of fused-ring (bicyclic) bond motifs is 2. The van der Waals surface area contributed by atoms with Gasteiger partial charge < -0.3 is 23.9 Å². The summed E-state index contributed by atoms with van der Waals surface area (Å²) in [6.45, 7) is 2.94. The zero-order chi connectivity index (χ0) is 31.9. The van der Waals surface area contributed by atoms with Crippen LogP contribution in [0.3, 0.4) is 0 Å². The first-order chi connectivity index (χ1) is 22.4. The topological polar surface area (TPSA) is 110 Å². The number of piperazine rings is 1. The van der Waals surface area contributed by atoms with Crippen molar-refractivity contribution >= 4 is 55.4 Å². The fourth-order valence-electron chi connectivity index (χ4n) is 6.03. The molecule has 0 saturated carbocycles. The number of methoxy groups -OCH3 is 2. The molecule has 234 valence electrons. The predicted octanol–water partition coefficient (Wildman–Crippen LogP) is 5.41. The summed E-state index contributed by atoms with van der Waals surface area (Å²) in [6.07, 6.45) is 3.55. The lowest BCUT2D eigenvalue weighted by Gasteiger charge is -2.35. The van der Waals surface area contributed by atoms with Gasteiger partial charge in [-0.1, -0.05) is 18.2 Å². The number of ketones is 1. The number of amides is 1. The third kappa shape index (κ3) is 5.27. The Balaban J connectivity index is 1.05. The average Bonchev–Trinajstić information content (AvgIpc) is 3.87. The molecule has 1 saturated heterocycles. The van der Waals surface area contributed by atoms with Crippen molar-refractivity contribution in [2.75, 3.05) is 40.4 Å². The molecule has 7 rings (SSSR count). The molecule has 12 heteroatoms. The number of aromatic amines is 1. The number of hydrogen-bond acceptors (Lipinski definition) is 9. The minimum atomic E-state index is -0.198. The van der Waals surface area contributed by atoms with Crippen molar-refractivity contribution in [1.29, 1.82) is 0 Å². The monoisotopic (exact) mass is 653 g/mol. The van der Waals surface area contributed by atoms with Crippen LogP contribution < -0.4 is 15.0 Å². The number of thiophene rings is 1. The number of benzene rings is 2. The predicted molar refractivity (Wildman–Crippen MR) is 181 cm³/mol. The van der Waals surface area contributed by atoms with Gasteiger partial charge >= 0.3 is 0 Å². The van der Waals surface area contributed by atoms with Crippen molar-refractivity contribution in [2.45, 2.75) is 6.54 Å². The van der Waals surface area contributed by atoms with E-state index in [1.54, 1.807) is 42.3 Å². The van der Waals surface area contributed by atoms with E-state index in [4.69, 9.17) is 9.47 Å². The van der Waals surface area contributed by atoms with Gasteiger partial charge in [0, 0.05) is 78.7 Å². The second-order valence-electron chi connectivity index (χ2n) is 11.2. The summed E-state index contributed by atoms with van der Waals surface area (Å²) in [5.41, 5.74) is 4.46. The lowest BCUT2D eigenvalue weighted by atomic mass is 10.0. The highest BCUT2D eigenvalue weighted by atomic mass is 32.1. The Bertz CT molecular complexity index is 2140. The highest BCUT2D eigenvalue weighted by molar-refractivity contribution is 7.17. The summed E-state index contributed by atoms with van der Waals surface area (Å²) in [5.74, 6) is 1.02. The van der Waals surface area contributed by atoms with Crippen LogP contribution in [0, 0.1) is 0 Å². The molecule has 0 radical (unpaired) electrons. The third-order valence-electron chi connectivity index (χ3n) is 8.49. The van der Waals surface area contributed by atoms with Gasteiger partial charge in [-0.05, 0) is 35.2 Å². The van der Waals surface area contributed by atoms with Gasteiger partial charge in [-0.15, -0.1) is 22.7 Å². The molecule has 1 aliphatic heterocycles. The van der Waals surface area contributed by atoms with Gasteiger partial charge in [-0.2, -0.15) is 0 Å². The summed E-state index contributed by atoms with van der Waals surface area (Å²) >= 11 is 2.73. The van der Waals surface area contributed by atoms with Crippen LogP contribution in [0.4, 0.5) is 0 Å². The van der Waals surface area contributed by atoms with E-state index in [2.05, 4.69) is 14.9 Å². The van der Waals surface area contributed by atoms with E-state index in [0.29, 0.717) is 65.9 Å². The SMILES string of the molecule is COc1cc(-c2cn(C)c(=O)c3ccsc23)cc(OC)c1CN1CCN(C(=O)c2csc(C(=O)c3c[nH]c4ccccc34)n2)CC1. The minimum absolute atomic E-state index is 0.0256. The Morgan fingerprint density at radius 2 is 1.72 bits per heavy atom. The van der Waals surface area contributed by atoms with Crippen molar-refractivity contribution in [2.24, 2.45) is 7.05 Å². The van der Waals surface area contributed by atoms with Crippen LogP contribution in [0.1, 0.15) is 31.4 Å². The summed E-state index contributed by atoms with van der Waals surface area (Å²) < 4.78 is 14.2. The molecule has 1 fully saturated rings. The molecule has 0 atom stereocenters. The van der Waals surface area contributed by atoms with Gasteiger partial charge in [0.2, 0.25) is 5.78 Å². The molecule has 0 bridgehead atoms. The molecular formula is C34H31N5O5S2. The van der Waals surface area contributed by atoms with Gasteiger partial charge in [-0.25, -0.2) is 4.98 Å². The molecule has 5 heterocycles. The zero-order valence-corrected chi connectivity index (χ0v) is 27.2. The maximum atomic E-state index is 13.4. The van der Waals surface area contributed by atoms with Crippen LogP contribution in [0.25, 0.3) is 32.1 Å². The van der Waals surface area contributed by atoms with E-state index in [-0.39, 0.29) is 17.2 Å². The quantitative estimate of drug-likeness (QED) is 0.219. The fourth-order valence-corrected chi connectivity index (χ4v) is 7.70. The smallest absolute Gasteiger partial charge is 0.273 e. The van der Waals surface area contributed by atoms with Crippen molar-refractivity contribution in [1.82, 2.24) is 24.3 Å². The molecule has 1 amide bonds. The van der Waals surface area contributed by atoms with E-state index >= 15 is 0 Å². The highest BCUT2D eigenvalue weighted by Gasteiger charge is 2.27. The molecule has 0 spiro atoms. The summed E-state index contributed by atoms with van der Waals surface area (Å²) in [4.78, 5) is 50.8. The number of nitrogens with zero attached hydrogens (tertiary/aromatic N) is 4. The number of aryl methyl sites for hydroxylation is 1. The third-order valence-corrected chi connectivity index (χ3v) is 10.3. The number of nitrogens with one attached hydrogen (secondary N) is 1. The zero-order valence-electron chi connectivity index (χ0n) is 25.5. The van der Waals surface area contributed by atoms with Crippen LogP contribution in [-0.4, -0.2) is 76.4 Å². The molecule has 0 unspecified atom stereocenters. The number of ether oxygens (including phenoxy) is 2. The number of hydrogen-bond donors (Lipinski definition) is 1. The molecule has 4 aromatic heterocycles. The van der Waals surface area contributed by atoms with Crippen LogP contribution in [-0.2, 0) is 13.6 Å². The number of rotatable bonds is 8. The van der Waals surface area contributed by atoms with Gasteiger partial charge in [0.15, 0.2) is 5.01 Å². The molecule has 0 aliphatic carbocycles. The van der Waals surface area contributed by atoms with E-state index in [0.717, 1.165) is 32.3 Å². The summed E-state index contributed by atoms with van der Waals surface area (Å²) in [6, 6.07) is 13.5. The highest BCUT2D eigenvalue weighted by Crippen LogP contribution is 2.39. The number of para-hydroxylation sites is 1. The summed E-state index contributed by atoms with van der Waals surface area (Å²) in [7, 11) is 5.05. The van der Waals surface area contributed by atoms with Crippen LogP contribution in [0.2, 0.25) is 0 Å². The number of H-pyrrole nitrogens is 1. The van der Waals surface area contributed by atoms with Crippen LogP contribution >= 0.6 is 22.7 Å². The Kier molecular flexibility index (Phi) is 7.93. The van der Waals surface area contributed by atoms with E-state index in [9.17, 15) is 14.4 Å². The van der Waals surface area contributed by atoms with Gasteiger partial charge in [-0.3, -0.25) is 19.3 Å². The minimum Gasteiger partial charge on any atom is -0.496 e. The molecular weight excluding hydrogens is 623 g/mol. The molecule has 1 aliphatic rings. The van der Waals surface area contributed by atoms with Crippen molar-refractivity contribution in [3.8, 4) is 22.6 Å². The second kappa shape index (κ2) is 12.2. The number of carbonyl (C=O) groups excluding carboxylic acids is 2. The molecule has 1 N–H and O–H groups in total. The van der Waals surface area contributed by atoms with Crippen molar-refractivity contribution < 1.29 is 19.1 Å². The number of aromatic nitrogens is 3. The van der Waals surface area contributed by atoms with Gasteiger partial charge in [0.05, 0.1) is 30.7 Å². The van der Waals surface area contributed by atoms with Crippen molar-refractivity contribution in [3.05, 3.63) is 97.8 Å². The lowest BCUT2D eigenvalue weighted by molar-refractivity contribution is 0.0621. The maximum absolute atomic E-state index is 13.4. The van der Waals surface area contributed by atoms with E-state index in [1.807, 2.05) is 54.0 Å². The molecule has 2 aromatic carbocycles. The van der Waals surface area contributed by atoms with Gasteiger partial charge in [0.1, 0.15) is 17.2 Å². The standard InChI is InChI=1S/C34H31N5O5S2/c1-37-17-24(31-22(33(37)41)8-13-45-31)20-14-28(43-2)25(29(15-20)44-3)18-38-9-11-39(12-10-38)34(42)27-19-46-32(36-27)30(40)23-16-35-26-7-5-4-6-21(23)26/h4-8,13-17,19,35H,9-12,18H2,1-3H3.